The predicted molar refractivity (Wildman–Crippen MR) is 80.7 cm³/mol. The van der Waals surface area contributed by atoms with E-state index < -0.39 is 5.97 Å². The van der Waals surface area contributed by atoms with Gasteiger partial charge in [0.15, 0.2) is 5.70 Å². The maximum absolute atomic E-state index is 11.4. The van der Waals surface area contributed by atoms with Gasteiger partial charge in [0.1, 0.15) is 5.75 Å². The second kappa shape index (κ2) is 7.53. The molecule has 1 aromatic carbocycles. The molecule has 1 heterocycles. The molecule has 1 aliphatic heterocycles. The normalized spacial score (nSPS) is 15.8. The Morgan fingerprint density at radius 2 is 1.91 bits per heavy atom. The number of nitrogens with one attached hydrogen (secondary N) is 1. The van der Waals surface area contributed by atoms with Crippen LogP contribution in [0.5, 0.6) is 5.75 Å². The summed E-state index contributed by atoms with van der Waals surface area (Å²) in [6, 6.07) is 7.38. The number of ether oxygens (including phenoxy) is 3. The van der Waals surface area contributed by atoms with Crippen molar-refractivity contribution in [2.24, 2.45) is 11.6 Å². The highest BCUT2D eigenvalue weighted by Crippen LogP contribution is 2.21. The van der Waals surface area contributed by atoms with Crippen molar-refractivity contribution in [3.63, 3.8) is 0 Å². The van der Waals surface area contributed by atoms with Crippen LogP contribution in [-0.4, -0.2) is 39.4 Å². The molecule has 2 rings (SSSR count). The number of hydrogen-bond acceptors (Lipinski definition) is 8. The SMILES string of the molecule is COC(=O)/C(N)=C(/NN)Oc1ccc(N2CCOCC2)cc1. The number of rotatable bonds is 5. The van der Waals surface area contributed by atoms with E-state index >= 15 is 0 Å². The lowest BCUT2D eigenvalue weighted by molar-refractivity contribution is -0.136. The molecule has 1 saturated heterocycles. The number of hydrogen-bond donors (Lipinski definition) is 3. The van der Waals surface area contributed by atoms with Gasteiger partial charge in [-0.2, -0.15) is 0 Å². The van der Waals surface area contributed by atoms with Gasteiger partial charge >= 0.3 is 5.97 Å². The van der Waals surface area contributed by atoms with Crippen molar-refractivity contribution in [2.75, 3.05) is 38.3 Å². The third kappa shape index (κ3) is 3.80. The molecule has 0 bridgehead atoms. The lowest BCUT2D eigenvalue weighted by Crippen LogP contribution is -2.36. The first-order valence-corrected chi connectivity index (χ1v) is 6.81. The molecule has 0 aliphatic carbocycles. The van der Waals surface area contributed by atoms with E-state index in [0.29, 0.717) is 5.75 Å². The lowest BCUT2D eigenvalue weighted by Gasteiger charge is -2.28. The van der Waals surface area contributed by atoms with E-state index in [1.165, 1.54) is 7.11 Å². The number of anilines is 1. The zero-order valence-electron chi connectivity index (χ0n) is 12.4. The van der Waals surface area contributed by atoms with Crippen LogP contribution in [0, 0.1) is 0 Å². The zero-order chi connectivity index (χ0) is 15.9. The fraction of sp³-hybridized carbons (Fsp3) is 0.357. The van der Waals surface area contributed by atoms with Gasteiger partial charge in [0, 0.05) is 18.8 Å². The molecule has 0 atom stereocenters. The number of benzene rings is 1. The number of hydrazine groups is 1. The Hall–Kier alpha value is -2.45. The highest BCUT2D eigenvalue weighted by Gasteiger charge is 2.15. The molecule has 1 aliphatic rings. The van der Waals surface area contributed by atoms with Crippen LogP contribution in [0.1, 0.15) is 0 Å². The summed E-state index contributed by atoms with van der Waals surface area (Å²) in [4.78, 5) is 13.6. The molecular weight excluding hydrogens is 288 g/mol. The summed E-state index contributed by atoms with van der Waals surface area (Å²) < 4.78 is 15.3. The molecule has 0 saturated carbocycles. The topological polar surface area (TPSA) is 112 Å². The van der Waals surface area contributed by atoms with Crippen molar-refractivity contribution in [1.82, 2.24) is 5.43 Å². The van der Waals surface area contributed by atoms with Crippen LogP contribution in [0.15, 0.2) is 35.8 Å². The summed E-state index contributed by atoms with van der Waals surface area (Å²) in [7, 11) is 1.22. The van der Waals surface area contributed by atoms with E-state index in [2.05, 4.69) is 15.1 Å². The second-order valence-corrected chi connectivity index (χ2v) is 4.57. The number of methoxy groups -OCH3 is 1. The molecule has 0 radical (unpaired) electrons. The first kappa shape index (κ1) is 15.9. The lowest BCUT2D eigenvalue weighted by atomic mass is 10.2. The maximum atomic E-state index is 11.4. The van der Waals surface area contributed by atoms with Crippen LogP contribution in [0.3, 0.4) is 0 Å². The predicted octanol–water partition coefficient (Wildman–Crippen LogP) is -0.334. The Bertz CT molecular complexity index is 538. The molecule has 5 N–H and O–H groups in total. The third-order valence-corrected chi connectivity index (χ3v) is 3.21. The highest BCUT2D eigenvalue weighted by molar-refractivity contribution is 5.87. The minimum absolute atomic E-state index is 0.0639. The Labute approximate surface area is 128 Å². The number of nitrogens with zero attached hydrogens (tertiary/aromatic N) is 1. The Kier molecular flexibility index (Phi) is 5.45. The van der Waals surface area contributed by atoms with E-state index in [4.69, 9.17) is 21.1 Å². The minimum Gasteiger partial charge on any atom is -0.464 e. The number of esters is 1. The van der Waals surface area contributed by atoms with Crippen molar-refractivity contribution in [3.8, 4) is 5.75 Å². The standard InChI is InChI=1S/C14H20N4O4/c1-20-14(19)12(15)13(17-16)22-11-4-2-10(3-5-11)18-6-8-21-9-7-18/h2-5,17H,6-9,15-16H2,1H3/b13-12+. The number of carbonyl (C=O) groups excluding carboxylic acids is 1. The molecular formula is C14H20N4O4. The number of carbonyl (C=O) groups is 1. The molecule has 1 aromatic rings. The largest absolute Gasteiger partial charge is 0.464 e. The maximum Gasteiger partial charge on any atom is 0.359 e. The average Bonchev–Trinajstić information content (AvgIpc) is 2.59. The Morgan fingerprint density at radius 3 is 2.45 bits per heavy atom. The van der Waals surface area contributed by atoms with Gasteiger partial charge in [-0.1, -0.05) is 0 Å². The molecule has 0 unspecified atom stereocenters. The summed E-state index contributed by atoms with van der Waals surface area (Å²) in [5.74, 6) is 5.03. The Morgan fingerprint density at radius 1 is 1.27 bits per heavy atom. The third-order valence-electron chi connectivity index (χ3n) is 3.21. The first-order valence-electron chi connectivity index (χ1n) is 6.81. The van der Waals surface area contributed by atoms with Crippen LogP contribution in [-0.2, 0) is 14.3 Å². The zero-order valence-corrected chi connectivity index (χ0v) is 12.4. The van der Waals surface area contributed by atoms with Crippen molar-refractivity contribution < 1.29 is 19.0 Å². The summed E-state index contributed by atoms with van der Waals surface area (Å²) in [6.07, 6.45) is 0. The Balaban J connectivity index is 2.08. The fourth-order valence-corrected chi connectivity index (χ4v) is 2.03. The van der Waals surface area contributed by atoms with Gasteiger partial charge in [-0.05, 0) is 24.3 Å². The van der Waals surface area contributed by atoms with E-state index in [-0.39, 0.29) is 11.6 Å². The van der Waals surface area contributed by atoms with Crippen molar-refractivity contribution in [2.45, 2.75) is 0 Å². The molecule has 8 nitrogen and oxygen atoms in total. The summed E-state index contributed by atoms with van der Waals surface area (Å²) in [6.45, 7) is 3.14. The fourth-order valence-electron chi connectivity index (χ4n) is 2.03. The molecule has 22 heavy (non-hydrogen) atoms. The first-order chi connectivity index (χ1) is 10.7. The average molecular weight is 308 g/mol. The van der Waals surface area contributed by atoms with Gasteiger partial charge in [-0.3, -0.25) is 5.43 Å². The number of nitrogens with two attached hydrogens (primary N) is 2. The van der Waals surface area contributed by atoms with Crippen LogP contribution >= 0.6 is 0 Å². The van der Waals surface area contributed by atoms with E-state index in [1.54, 1.807) is 12.1 Å². The van der Waals surface area contributed by atoms with Gasteiger partial charge < -0.3 is 24.8 Å². The van der Waals surface area contributed by atoms with Gasteiger partial charge in [-0.25, -0.2) is 10.6 Å². The summed E-state index contributed by atoms with van der Waals surface area (Å²) >= 11 is 0. The molecule has 1 fully saturated rings. The molecule has 0 aromatic heterocycles. The van der Waals surface area contributed by atoms with Gasteiger partial charge in [-0.15, -0.1) is 0 Å². The van der Waals surface area contributed by atoms with Crippen LogP contribution in [0.25, 0.3) is 0 Å². The highest BCUT2D eigenvalue weighted by atomic mass is 16.5. The molecule has 8 heteroatoms. The van der Waals surface area contributed by atoms with Crippen molar-refractivity contribution in [3.05, 3.63) is 35.8 Å². The van der Waals surface area contributed by atoms with E-state index in [1.807, 2.05) is 12.1 Å². The van der Waals surface area contributed by atoms with Gasteiger partial charge in [0.05, 0.1) is 20.3 Å². The smallest absolute Gasteiger partial charge is 0.359 e. The van der Waals surface area contributed by atoms with Crippen molar-refractivity contribution >= 4 is 11.7 Å². The molecule has 0 spiro atoms. The van der Waals surface area contributed by atoms with Crippen LogP contribution in [0.4, 0.5) is 5.69 Å². The summed E-state index contributed by atoms with van der Waals surface area (Å²) in [5.41, 5.74) is 8.68. The minimum atomic E-state index is -0.724. The monoisotopic (exact) mass is 308 g/mol. The van der Waals surface area contributed by atoms with Crippen LogP contribution < -0.4 is 26.6 Å². The quantitative estimate of drug-likeness (QED) is 0.223. The summed E-state index contributed by atoms with van der Waals surface area (Å²) in [5, 5.41) is 0. The number of morpholine rings is 1. The van der Waals surface area contributed by atoms with Crippen LogP contribution in [0.2, 0.25) is 0 Å². The van der Waals surface area contributed by atoms with Gasteiger partial charge in [0.2, 0.25) is 5.88 Å². The van der Waals surface area contributed by atoms with E-state index in [9.17, 15) is 4.79 Å². The van der Waals surface area contributed by atoms with E-state index in [0.717, 1.165) is 32.0 Å². The van der Waals surface area contributed by atoms with Gasteiger partial charge in [0.25, 0.3) is 0 Å². The van der Waals surface area contributed by atoms with Crippen molar-refractivity contribution in [1.29, 1.82) is 0 Å². The molecule has 0 amide bonds. The second-order valence-electron chi connectivity index (χ2n) is 4.57. The molecule has 120 valence electrons.